The number of H-pyrrole nitrogens is 2. The number of hydrogen-bond acceptors (Lipinski definition) is 9. The monoisotopic (exact) mass is 602 g/mol. The van der Waals surface area contributed by atoms with Crippen molar-refractivity contribution in [2.75, 3.05) is 0 Å². The van der Waals surface area contributed by atoms with Gasteiger partial charge in [0.05, 0.1) is 15.9 Å². The van der Waals surface area contributed by atoms with Crippen LogP contribution in [0.25, 0.3) is 98.4 Å². The van der Waals surface area contributed by atoms with Gasteiger partial charge in [0.2, 0.25) is 5.89 Å². The standard InChI is InChI=1S/C34H18N8O2S/c1-4-14-26-17(7-1)15-27(45-26)34-35-33-25(43-34)16-21(18-9-5-13-24-31(18)41-44-40-24)29(32-19-8-2-3-11-22(19)36-38-32)28(33)20-10-6-12-23-30(20)39-42-37-23/h1-16H,(H,36,38)(H,37,39,42). The molecule has 0 atom stereocenters. The predicted octanol–water partition coefficient (Wildman–Crippen LogP) is 8.39. The second kappa shape index (κ2) is 9.15. The Kier molecular flexibility index (Phi) is 4.93. The fourth-order valence-electron chi connectivity index (χ4n) is 6.23. The van der Waals surface area contributed by atoms with Crippen molar-refractivity contribution in [3.05, 3.63) is 97.1 Å². The lowest BCUT2D eigenvalue weighted by molar-refractivity contribution is 0.315. The summed E-state index contributed by atoms with van der Waals surface area (Å²) in [5.41, 5.74) is 9.96. The van der Waals surface area contributed by atoms with Crippen LogP contribution in [0.4, 0.5) is 0 Å². The first kappa shape index (κ1) is 24.3. The maximum atomic E-state index is 6.62. The first-order valence-electron chi connectivity index (χ1n) is 14.2. The molecule has 0 radical (unpaired) electrons. The molecule has 0 fully saturated rings. The highest BCUT2D eigenvalue weighted by Gasteiger charge is 2.28. The SMILES string of the molecule is c1ccc2sc(-c3nc4c(-c5cccc6[nH]nnc56)c(-c5n[nH]c6ccccc56)c(-c5cccc6nonc56)cc4o3)cc2c1. The molecule has 10 nitrogen and oxygen atoms in total. The van der Waals surface area contributed by atoms with E-state index in [1.54, 1.807) is 11.3 Å². The van der Waals surface area contributed by atoms with Crippen LogP contribution in [0.5, 0.6) is 0 Å². The van der Waals surface area contributed by atoms with E-state index in [1.165, 1.54) is 0 Å². The number of nitrogens with one attached hydrogen (secondary N) is 2. The van der Waals surface area contributed by atoms with E-state index in [4.69, 9.17) is 19.1 Å². The zero-order chi connectivity index (χ0) is 29.5. The van der Waals surface area contributed by atoms with Gasteiger partial charge in [-0.15, -0.1) is 16.4 Å². The van der Waals surface area contributed by atoms with E-state index in [-0.39, 0.29) is 0 Å². The Balaban J connectivity index is 1.39. The molecule has 0 amide bonds. The number of benzene rings is 5. The van der Waals surface area contributed by atoms with E-state index in [0.717, 1.165) is 64.9 Å². The third-order valence-corrected chi connectivity index (χ3v) is 9.33. The van der Waals surface area contributed by atoms with Gasteiger partial charge in [-0.2, -0.15) is 5.10 Å². The fourth-order valence-corrected chi connectivity index (χ4v) is 7.22. The summed E-state index contributed by atoms with van der Waals surface area (Å²) in [4.78, 5) is 6.12. The summed E-state index contributed by atoms with van der Waals surface area (Å²) in [7, 11) is 0. The number of para-hydroxylation sites is 1. The Morgan fingerprint density at radius 2 is 1.53 bits per heavy atom. The molecule has 212 valence electrons. The highest BCUT2D eigenvalue weighted by molar-refractivity contribution is 7.22. The third-order valence-electron chi connectivity index (χ3n) is 8.23. The Morgan fingerprint density at radius 3 is 2.51 bits per heavy atom. The van der Waals surface area contributed by atoms with Crippen LogP contribution in [0.1, 0.15) is 0 Å². The Labute approximate surface area is 256 Å². The third kappa shape index (κ3) is 3.55. The van der Waals surface area contributed by atoms with Crippen LogP contribution >= 0.6 is 11.3 Å². The molecule has 11 heteroatoms. The lowest BCUT2D eigenvalue weighted by Gasteiger charge is -2.15. The van der Waals surface area contributed by atoms with Gasteiger partial charge in [-0.3, -0.25) is 10.2 Å². The number of thiophene rings is 1. The smallest absolute Gasteiger partial charge is 0.237 e. The molecule has 5 aromatic carbocycles. The van der Waals surface area contributed by atoms with Crippen LogP contribution in [-0.2, 0) is 0 Å². The molecule has 0 unspecified atom stereocenters. The molecule has 0 bridgehead atoms. The van der Waals surface area contributed by atoms with Crippen molar-refractivity contribution < 1.29 is 9.05 Å². The molecule has 0 saturated heterocycles. The van der Waals surface area contributed by atoms with Gasteiger partial charge in [0.1, 0.15) is 27.8 Å². The molecule has 0 aliphatic rings. The van der Waals surface area contributed by atoms with Crippen molar-refractivity contribution in [1.29, 1.82) is 0 Å². The molecular weight excluding hydrogens is 584 g/mol. The molecule has 10 rings (SSSR count). The molecule has 2 N–H and O–H groups in total. The van der Waals surface area contributed by atoms with Crippen molar-refractivity contribution in [2.45, 2.75) is 0 Å². The number of aromatic amines is 2. The molecule has 10 aromatic rings. The summed E-state index contributed by atoms with van der Waals surface area (Å²) in [5, 5.41) is 30.3. The highest BCUT2D eigenvalue weighted by atomic mass is 32.1. The van der Waals surface area contributed by atoms with Crippen molar-refractivity contribution in [2.24, 2.45) is 0 Å². The minimum absolute atomic E-state index is 0.538. The van der Waals surface area contributed by atoms with Crippen molar-refractivity contribution in [3.63, 3.8) is 0 Å². The lowest BCUT2D eigenvalue weighted by atomic mass is 9.87. The van der Waals surface area contributed by atoms with E-state index < -0.39 is 0 Å². The van der Waals surface area contributed by atoms with Gasteiger partial charge in [-0.05, 0) is 57.7 Å². The predicted molar refractivity (Wildman–Crippen MR) is 174 cm³/mol. The number of rotatable bonds is 4. The fraction of sp³-hybridized carbons (Fsp3) is 0. The largest absolute Gasteiger partial charge is 0.435 e. The maximum Gasteiger partial charge on any atom is 0.237 e. The molecule has 0 aliphatic heterocycles. The average Bonchev–Trinajstić information content (AvgIpc) is 3.91. The Bertz CT molecular complexity index is 2720. The Morgan fingerprint density at radius 1 is 0.667 bits per heavy atom. The summed E-state index contributed by atoms with van der Waals surface area (Å²) in [6.45, 7) is 0. The zero-order valence-corrected chi connectivity index (χ0v) is 24.0. The summed E-state index contributed by atoms with van der Waals surface area (Å²) in [5.74, 6) is 0.538. The molecule has 45 heavy (non-hydrogen) atoms. The van der Waals surface area contributed by atoms with Gasteiger partial charge in [0.25, 0.3) is 0 Å². The lowest BCUT2D eigenvalue weighted by Crippen LogP contribution is -1.95. The number of hydrogen-bond donors (Lipinski definition) is 2. The van der Waals surface area contributed by atoms with Crippen molar-refractivity contribution in [3.8, 4) is 44.3 Å². The van der Waals surface area contributed by atoms with Gasteiger partial charge >= 0.3 is 0 Å². The topological polar surface area (TPSA) is 135 Å². The van der Waals surface area contributed by atoms with Gasteiger partial charge in [-0.1, -0.05) is 65.9 Å². The normalized spacial score (nSPS) is 12.0. The number of fused-ring (bicyclic) bond motifs is 5. The molecular formula is C34H18N8O2S. The van der Waals surface area contributed by atoms with E-state index in [2.05, 4.69) is 55.1 Å². The van der Waals surface area contributed by atoms with Crippen LogP contribution in [0.15, 0.2) is 106 Å². The number of nitrogens with zero attached hydrogens (tertiary/aromatic N) is 6. The van der Waals surface area contributed by atoms with Gasteiger partial charge in [-0.25, -0.2) is 9.61 Å². The average molecular weight is 603 g/mol. The summed E-state index contributed by atoms with van der Waals surface area (Å²) in [6, 6.07) is 32.3. The van der Waals surface area contributed by atoms with Crippen LogP contribution in [-0.4, -0.2) is 40.9 Å². The van der Waals surface area contributed by atoms with E-state index in [1.807, 2.05) is 72.8 Å². The summed E-state index contributed by atoms with van der Waals surface area (Å²) in [6.07, 6.45) is 0. The molecule has 0 saturated carbocycles. The highest BCUT2D eigenvalue weighted by Crippen LogP contribution is 2.49. The van der Waals surface area contributed by atoms with Crippen molar-refractivity contribution in [1.82, 2.24) is 40.9 Å². The first-order valence-corrected chi connectivity index (χ1v) is 15.0. The second-order valence-electron chi connectivity index (χ2n) is 10.8. The maximum absolute atomic E-state index is 6.62. The number of oxazole rings is 1. The second-order valence-corrected chi connectivity index (χ2v) is 11.8. The zero-order valence-electron chi connectivity index (χ0n) is 23.1. The van der Waals surface area contributed by atoms with E-state index >= 15 is 0 Å². The minimum Gasteiger partial charge on any atom is -0.435 e. The van der Waals surface area contributed by atoms with Crippen LogP contribution in [0, 0.1) is 0 Å². The van der Waals surface area contributed by atoms with Gasteiger partial charge < -0.3 is 4.42 Å². The van der Waals surface area contributed by atoms with Crippen LogP contribution in [0.2, 0.25) is 0 Å². The quantitative estimate of drug-likeness (QED) is 0.205. The Hall–Kier alpha value is -6.20. The van der Waals surface area contributed by atoms with Gasteiger partial charge in [0.15, 0.2) is 5.58 Å². The van der Waals surface area contributed by atoms with E-state index in [0.29, 0.717) is 33.5 Å². The first-order chi connectivity index (χ1) is 22.3. The molecule has 0 aliphatic carbocycles. The summed E-state index contributed by atoms with van der Waals surface area (Å²) < 4.78 is 13.0. The van der Waals surface area contributed by atoms with Crippen LogP contribution < -0.4 is 0 Å². The van der Waals surface area contributed by atoms with Gasteiger partial charge in [0, 0.05) is 32.3 Å². The summed E-state index contributed by atoms with van der Waals surface area (Å²) >= 11 is 1.65. The van der Waals surface area contributed by atoms with Crippen LogP contribution in [0.3, 0.4) is 0 Å². The molecule has 0 spiro atoms. The molecule has 5 heterocycles. The van der Waals surface area contributed by atoms with E-state index in [9.17, 15) is 0 Å². The van der Waals surface area contributed by atoms with Crippen molar-refractivity contribution >= 4 is 65.5 Å². The molecule has 5 aromatic heterocycles. The number of aromatic nitrogens is 8. The minimum atomic E-state index is 0.538.